The third-order valence-corrected chi connectivity index (χ3v) is 3.40. The molecule has 20 heavy (non-hydrogen) atoms. The van der Waals surface area contributed by atoms with Crippen molar-refractivity contribution in [3.05, 3.63) is 50.9 Å². The molecule has 0 unspecified atom stereocenters. The third-order valence-electron chi connectivity index (χ3n) is 3.40. The lowest BCUT2D eigenvalue weighted by Crippen LogP contribution is -2.33. The van der Waals surface area contributed by atoms with Crippen LogP contribution in [0.25, 0.3) is 16.7 Å². The van der Waals surface area contributed by atoms with E-state index in [0.29, 0.717) is 5.82 Å². The van der Waals surface area contributed by atoms with Crippen LogP contribution in [0.3, 0.4) is 0 Å². The number of imidazole rings is 1. The van der Waals surface area contributed by atoms with Gasteiger partial charge in [0.05, 0.1) is 7.05 Å². The van der Waals surface area contributed by atoms with Crippen LogP contribution >= 0.6 is 0 Å². The van der Waals surface area contributed by atoms with E-state index >= 15 is 0 Å². The molecule has 0 spiro atoms. The van der Waals surface area contributed by atoms with E-state index in [1.807, 2.05) is 35.9 Å². The van der Waals surface area contributed by atoms with Crippen LogP contribution in [0.2, 0.25) is 0 Å². The maximum absolute atomic E-state index is 12.0. The lowest BCUT2D eigenvalue weighted by Gasteiger charge is -2.08. The number of aromatic nitrogens is 4. The van der Waals surface area contributed by atoms with Crippen LogP contribution in [0.4, 0.5) is 0 Å². The van der Waals surface area contributed by atoms with Crippen molar-refractivity contribution >= 4 is 11.0 Å². The van der Waals surface area contributed by atoms with Gasteiger partial charge in [0, 0.05) is 12.8 Å². The highest BCUT2D eigenvalue weighted by Gasteiger charge is 2.23. The van der Waals surface area contributed by atoms with E-state index in [2.05, 4.69) is 9.97 Å². The van der Waals surface area contributed by atoms with Gasteiger partial charge in [-0.2, -0.15) is 4.57 Å². The van der Waals surface area contributed by atoms with Crippen molar-refractivity contribution in [3.63, 3.8) is 0 Å². The molecule has 0 saturated heterocycles. The molecule has 2 heterocycles. The van der Waals surface area contributed by atoms with Gasteiger partial charge in [0.25, 0.3) is 5.82 Å². The summed E-state index contributed by atoms with van der Waals surface area (Å²) >= 11 is 0. The average Bonchev–Trinajstić information content (AvgIpc) is 2.64. The lowest BCUT2D eigenvalue weighted by molar-refractivity contribution is -0.652. The van der Waals surface area contributed by atoms with E-state index in [1.165, 1.54) is 0 Å². The average molecular weight is 272 g/mol. The summed E-state index contributed by atoms with van der Waals surface area (Å²) in [5, 5.41) is 12.0. The lowest BCUT2D eigenvalue weighted by atomic mass is 10.3. The molecule has 3 aromatic rings. The third kappa shape index (κ3) is 1.56. The summed E-state index contributed by atoms with van der Waals surface area (Å²) in [6.45, 7) is 1.80. The molecule has 0 aliphatic carbocycles. The fourth-order valence-corrected chi connectivity index (χ4v) is 2.38. The highest BCUT2D eigenvalue weighted by atomic mass is 16.3. The first-order valence-electron chi connectivity index (χ1n) is 6.00. The van der Waals surface area contributed by atoms with Crippen molar-refractivity contribution in [3.8, 4) is 11.6 Å². The van der Waals surface area contributed by atoms with Gasteiger partial charge in [0.2, 0.25) is 5.69 Å². The summed E-state index contributed by atoms with van der Waals surface area (Å²) in [5.74, 6) is 0.00375. The molecule has 0 atom stereocenters. The molecule has 7 heteroatoms. The van der Waals surface area contributed by atoms with Gasteiger partial charge in [0.15, 0.2) is 11.0 Å². The van der Waals surface area contributed by atoms with Crippen LogP contribution in [0.5, 0.6) is 5.88 Å². The first-order chi connectivity index (χ1) is 9.50. The van der Waals surface area contributed by atoms with Gasteiger partial charge in [-0.15, -0.1) is 0 Å². The van der Waals surface area contributed by atoms with E-state index in [0.717, 1.165) is 11.0 Å². The van der Waals surface area contributed by atoms with Gasteiger partial charge in [0.1, 0.15) is 0 Å². The zero-order chi connectivity index (χ0) is 14.4. The number of fused-ring (bicyclic) bond motifs is 1. The zero-order valence-corrected chi connectivity index (χ0v) is 10.9. The van der Waals surface area contributed by atoms with E-state index in [9.17, 15) is 14.7 Å². The quantitative estimate of drug-likeness (QED) is 0.568. The molecule has 2 N–H and O–H groups in total. The summed E-state index contributed by atoms with van der Waals surface area (Å²) in [7, 11) is 1.85. The summed E-state index contributed by atoms with van der Waals surface area (Å²) in [6, 6.07) is 7.40. The SMILES string of the molecule is Cc1n(-c2c([O-])[nH]c(=O)[nH]c2=O)c2ccccc2[n+]1C. The van der Waals surface area contributed by atoms with Crippen LogP contribution in [0, 0.1) is 6.92 Å². The van der Waals surface area contributed by atoms with Crippen LogP contribution in [0.15, 0.2) is 33.9 Å². The van der Waals surface area contributed by atoms with Gasteiger partial charge < -0.3 is 10.1 Å². The Bertz CT molecular complexity index is 933. The highest BCUT2D eigenvalue weighted by molar-refractivity contribution is 5.75. The van der Waals surface area contributed by atoms with Crippen LogP contribution in [-0.2, 0) is 7.05 Å². The number of benzene rings is 1. The van der Waals surface area contributed by atoms with E-state index in [4.69, 9.17) is 0 Å². The molecule has 0 amide bonds. The topological polar surface area (TPSA) is 97.6 Å². The summed E-state index contributed by atoms with van der Waals surface area (Å²) in [4.78, 5) is 27.2. The number of nitrogens with one attached hydrogen (secondary N) is 2. The van der Waals surface area contributed by atoms with Crippen molar-refractivity contribution in [2.75, 3.05) is 0 Å². The van der Waals surface area contributed by atoms with Crippen molar-refractivity contribution in [2.45, 2.75) is 6.92 Å². The molecule has 0 aliphatic rings. The summed E-state index contributed by atoms with van der Waals surface area (Å²) < 4.78 is 3.42. The number of hydrogen-bond acceptors (Lipinski definition) is 3. The summed E-state index contributed by atoms with van der Waals surface area (Å²) in [5.41, 5.74) is -0.0125. The van der Waals surface area contributed by atoms with Crippen molar-refractivity contribution < 1.29 is 9.67 Å². The van der Waals surface area contributed by atoms with Crippen molar-refractivity contribution in [1.29, 1.82) is 0 Å². The normalized spacial score (nSPS) is 11.1. The molecule has 0 aliphatic heterocycles. The van der Waals surface area contributed by atoms with E-state index in [1.54, 1.807) is 11.5 Å². The van der Waals surface area contributed by atoms with E-state index in [-0.39, 0.29) is 5.69 Å². The molecule has 0 fully saturated rings. The Kier molecular flexibility index (Phi) is 2.50. The van der Waals surface area contributed by atoms with E-state index < -0.39 is 17.1 Å². The largest absolute Gasteiger partial charge is 0.857 e. The molecular weight excluding hydrogens is 260 g/mol. The predicted octanol–water partition coefficient (Wildman–Crippen LogP) is -0.786. The molecule has 0 saturated carbocycles. The predicted molar refractivity (Wildman–Crippen MR) is 69.9 cm³/mol. The minimum absolute atomic E-state index is 0.112. The molecular formula is C13H12N4O3. The maximum Gasteiger partial charge on any atom is 0.325 e. The summed E-state index contributed by atoms with van der Waals surface area (Å²) in [6.07, 6.45) is 0. The van der Waals surface area contributed by atoms with Crippen LogP contribution in [-0.4, -0.2) is 14.5 Å². The second kappa shape index (κ2) is 4.09. The Morgan fingerprint density at radius 1 is 1.20 bits per heavy atom. The van der Waals surface area contributed by atoms with Gasteiger partial charge in [-0.1, -0.05) is 12.1 Å². The van der Waals surface area contributed by atoms with Gasteiger partial charge >= 0.3 is 11.2 Å². The molecule has 7 nitrogen and oxygen atoms in total. The smallest absolute Gasteiger partial charge is 0.325 e. The molecule has 2 aromatic heterocycles. The minimum atomic E-state index is -0.803. The number of para-hydroxylation sites is 2. The molecule has 0 bridgehead atoms. The number of H-pyrrole nitrogens is 2. The standard InChI is InChI=1S/C13H12N4O3/c1-7-16(2)8-5-3-4-6-9(8)17(7)10-11(18)14-13(20)15-12(10)19/h3-6H,1-2H3,(H2-,14,15,18,19,20). The second-order valence-corrected chi connectivity index (χ2v) is 4.52. The van der Waals surface area contributed by atoms with Gasteiger partial charge in [-0.05, 0) is 12.1 Å². The molecule has 3 rings (SSSR count). The Balaban J connectivity index is 2.51. The minimum Gasteiger partial charge on any atom is -0.857 e. The number of aryl methyl sites for hydroxylation is 1. The highest BCUT2D eigenvalue weighted by Crippen LogP contribution is 2.19. The Morgan fingerprint density at radius 3 is 2.60 bits per heavy atom. The van der Waals surface area contributed by atoms with Crippen LogP contribution in [0.1, 0.15) is 5.82 Å². The molecule has 0 radical (unpaired) electrons. The monoisotopic (exact) mass is 272 g/mol. The first kappa shape index (κ1) is 12.2. The Labute approximate surface area is 112 Å². The Morgan fingerprint density at radius 2 is 1.90 bits per heavy atom. The fourth-order valence-electron chi connectivity index (χ4n) is 2.38. The van der Waals surface area contributed by atoms with Crippen molar-refractivity contribution in [1.82, 2.24) is 14.5 Å². The Hall–Kier alpha value is -2.83. The second-order valence-electron chi connectivity index (χ2n) is 4.52. The van der Waals surface area contributed by atoms with Crippen LogP contribution < -0.4 is 20.9 Å². The number of rotatable bonds is 1. The number of nitrogens with zero attached hydrogens (tertiary/aromatic N) is 2. The van der Waals surface area contributed by atoms with Gasteiger partial charge in [-0.3, -0.25) is 9.78 Å². The number of aromatic amines is 2. The van der Waals surface area contributed by atoms with Crippen molar-refractivity contribution in [2.24, 2.45) is 7.05 Å². The fraction of sp³-hybridized carbons (Fsp3) is 0.154. The van der Waals surface area contributed by atoms with Gasteiger partial charge in [-0.25, -0.2) is 9.36 Å². The molecule has 1 aromatic carbocycles. The zero-order valence-electron chi connectivity index (χ0n) is 10.9. The number of hydrogen-bond donors (Lipinski definition) is 2. The first-order valence-corrected chi connectivity index (χ1v) is 6.00. The molecule has 102 valence electrons. The maximum atomic E-state index is 12.0.